The van der Waals surface area contributed by atoms with Crippen LogP contribution in [0.4, 0.5) is 13.2 Å². The summed E-state index contributed by atoms with van der Waals surface area (Å²) in [5.74, 6) is 0.284. The number of halogens is 3. The molecule has 2 fully saturated rings. The zero-order valence-corrected chi connectivity index (χ0v) is 25.0. The Morgan fingerprint density at radius 2 is 1.91 bits per heavy atom. The molecule has 6 rings (SSSR count). The van der Waals surface area contributed by atoms with Crippen molar-refractivity contribution in [1.29, 1.82) is 5.26 Å². The van der Waals surface area contributed by atoms with Gasteiger partial charge in [-0.3, -0.25) is 14.5 Å². The lowest BCUT2D eigenvalue weighted by molar-refractivity contribution is -0.137. The van der Waals surface area contributed by atoms with Crippen molar-refractivity contribution in [2.75, 3.05) is 26.2 Å². The number of aromatic amines is 1. The summed E-state index contributed by atoms with van der Waals surface area (Å²) in [6.45, 7) is 7.56. The lowest BCUT2D eigenvalue weighted by Crippen LogP contribution is -2.58. The summed E-state index contributed by atoms with van der Waals surface area (Å²) in [7, 11) is 0. The number of aromatic nitrogens is 5. The maximum Gasteiger partial charge on any atom is 0.416 e. The molecule has 232 valence electrons. The number of nitrogens with one attached hydrogen (secondary N) is 1. The minimum Gasteiger partial charge on any atom is -0.490 e. The van der Waals surface area contributed by atoms with Crippen LogP contribution in [0, 0.1) is 11.3 Å². The van der Waals surface area contributed by atoms with Crippen molar-refractivity contribution < 1.29 is 17.9 Å². The van der Waals surface area contributed by atoms with Crippen molar-refractivity contribution >= 4 is 11.0 Å². The molecule has 0 radical (unpaired) electrons. The highest BCUT2D eigenvalue weighted by Crippen LogP contribution is 2.46. The van der Waals surface area contributed by atoms with Gasteiger partial charge in [0.1, 0.15) is 23.8 Å². The number of ether oxygens (including phenoxy) is 1. The second kappa shape index (κ2) is 12.2. The van der Waals surface area contributed by atoms with E-state index in [2.05, 4.69) is 35.9 Å². The van der Waals surface area contributed by atoms with Crippen molar-refractivity contribution in [3.8, 4) is 23.1 Å². The minimum absolute atomic E-state index is 0.146. The monoisotopic (exact) mass is 606 g/mol. The number of benzene rings is 1. The number of piperidine rings is 1. The van der Waals surface area contributed by atoms with E-state index in [1.165, 1.54) is 12.4 Å². The van der Waals surface area contributed by atoms with Crippen molar-refractivity contribution in [3.05, 3.63) is 60.3 Å². The van der Waals surface area contributed by atoms with E-state index in [1.807, 2.05) is 37.0 Å². The first-order valence-corrected chi connectivity index (χ1v) is 15.3. The number of rotatable bonds is 10. The van der Waals surface area contributed by atoms with Gasteiger partial charge in [0.25, 0.3) is 0 Å². The maximum atomic E-state index is 13.7. The number of fused-ring (bicyclic) bond motifs is 1. The predicted molar refractivity (Wildman–Crippen MR) is 160 cm³/mol. The van der Waals surface area contributed by atoms with Crippen LogP contribution in [0.3, 0.4) is 0 Å². The first-order chi connectivity index (χ1) is 21.2. The predicted octanol–water partition coefficient (Wildman–Crippen LogP) is 6.00. The Labute approximate surface area is 254 Å². The molecule has 44 heavy (non-hydrogen) atoms. The first kappa shape index (κ1) is 30.1. The minimum atomic E-state index is -4.43. The number of hydrogen-bond donors (Lipinski definition) is 1. The first-order valence-electron chi connectivity index (χ1n) is 15.3. The molecule has 0 amide bonds. The average Bonchev–Trinajstić information content (AvgIpc) is 3.68. The van der Waals surface area contributed by atoms with Gasteiger partial charge < -0.3 is 9.72 Å². The quantitative estimate of drug-likeness (QED) is 0.237. The molecular weight excluding hydrogens is 569 g/mol. The van der Waals surface area contributed by atoms with Crippen molar-refractivity contribution in [3.63, 3.8) is 0 Å². The second-order valence-electron chi connectivity index (χ2n) is 11.9. The van der Waals surface area contributed by atoms with Gasteiger partial charge in [0, 0.05) is 49.0 Å². The molecule has 1 aliphatic heterocycles. The summed E-state index contributed by atoms with van der Waals surface area (Å²) in [5, 5.41) is 15.3. The topological polar surface area (TPSA) is 98.9 Å². The number of nitriles is 1. The van der Waals surface area contributed by atoms with Crippen LogP contribution in [-0.2, 0) is 18.3 Å². The van der Waals surface area contributed by atoms with E-state index in [-0.39, 0.29) is 17.4 Å². The van der Waals surface area contributed by atoms with E-state index < -0.39 is 11.7 Å². The van der Waals surface area contributed by atoms with Crippen molar-refractivity contribution in [2.24, 2.45) is 0 Å². The van der Waals surface area contributed by atoms with E-state index in [9.17, 15) is 18.4 Å². The molecule has 0 bridgehead atoms. The van der Waals surface area contributed by atoms with Crippen LogP contribution in [0.5, 0.6) is 5.75 Å². The Kier molecular flexibility index (Phi) is 8.35. The van der Waals surface area contributed by atoms with Crippen LogP contribution < -0.4 is 4.74 Å². The molecule has 0 spiro atoms. The Morgan fingerprint density at radius 3 is 2.61 bits per heavy atom. The normalized spacial score (nSPS) is 21.4. The van der Waals surface area contributed by atoms with Crippen LogP contribution in [0.1, 0.15) is 57.1 Å². The summed E-state index contributed by atoms with van der Waals surface area (Å²) in [4.78, 5) is 16.4. The summed E-state index contributed by atoms with van der Waals surface area (Å²) in [5.41, 5.74) is 2.00. The highest BCUT2D eigenvalue weighted by molar-refractivity contribution is 5.90. The van der Waals surface area contributed by atoms with Crippen molar-refractivity contribution in [2.45, 2.75) is 76.4 Å². The standard InChI is InChI=1S/C32H37F3N8O/c1-3-41(4-2)19-22-13-24(32(33,34)35)15-27(14-22)44-26-6-11-42(12-7-26)25-16-31(17-25,8-9-36)43-20-23(18-40-43)29-28-5-10-37-30(28)39-21-38-29/h5,10,13-15,18,20-21,25-26H,3-4,6-8,11-12,16-17,19H2,1-2H3,(H,37,38,39)/t25-,31-. The lowest BCUT2D eigenvalue weighted by atomic mass is 9.69. The van der Waals surface area contributed by atoms with Gasteiger partial charge in [-0.25, -0.2) is 9.97 Å². The van der Waals surface area contributed by atoms with Gasteiger partial charge in [-0.2, -0.15) is 23.5 Å². The van der Waals surface area contributed by atoms with E-state index in [1.54, 1.807) is 12.3 Å². The number of nitrogens with zero attached hydrogens (tertiary/aromatic N) is 7. The zero-order chi connectivity index (χ0) is 30.9. The molecule has 1 saturated carbocycles. The summed E-state index contributed by atoms with van der Waals surface area (Å²) >= 11 is 0. The Balaban J connectivity index is 1.09. The Morgan fingerprint density at radius 1 is 1.14 bits per heavy atom. The molecule has 0 unspecified atom stereocenters. The number of H-pyrrole nitrogens is 1. The summed E-state index contributed by atoms with van der Waals surface area (Å²) in [6.07, 6.45) is 5.99. The van der Waals surface area contributed by atoms with Crippen LogP contribution in [-0.4, -0.2) is 72.9 Å². The SMILES string of the molecule is CCN(CC)Cc1cc(OC2CCN([C@H]3C[C@](CC#N)(n4cc(-c5ncnc6[nH]ccc56)cn4)C3)CC2)cc(C(F)(F)F)c1. The third-order valence-corrected chi connectivity index (χ3v) is 9.23. The van der Waals surface area contributed by atoms with Crippen LogP contribution in [0.15, 0.2) is 49.2 Å². The highest BCUT2D eigenvalue weighted by atomic mass is 19.4. The van der Waals surface area contributed by atoms with Crippen LogP contribution in [0.2, 0.25) is 0 Å². The molecule has 12 heteroatoms. The fourth-order valence-corrected chi connectivity index (χ4v) is 6.68. The maximum absolute atomic E-state index is 13.7. The second-order valence-corrected chi connectivity index (χ2v) is 11.9. The highest BCUT2D eigenvalue weighted by Gasteiger charge is 2.49. The molecule has 4 heterocycles. The Hall–Kier alpha value is -3.95. The van der Waals surface area contributed by atoms with Gasteiger partial charge in [-0.1, -0.05) is 13.8 Å². The van der Waals surface area contributed by atoms with Gasteiger partial charge in [-0.15, -0.1) is 0 Å². The lowest BCUT2D eigenvalue weighted by Gasteiger charge is -2.52. The molecule has 1 saturated heterocycles. The molecule has 9 nitrogen and oxygen atoms in total. The average molecular weight is 607 g/mol. The zero-order valence-electron chi connectivity index (χ0n) is 25.0. The van der Waals surface area contributed by atoms with Crippen LogP contribution in [0.25, 0.3) is 22.3 Å². The number of likely N-dealkylation sites (tertiary alicyclic amines) is 1. The van der Waals surface area contributed by atoms with Gasteiger partial charge in [-0.05, 0) is 68.6 Å². The fraction of sp³-hybridized carbons (Fsp3) is 0.500. The largest absolute Gasteiger partial charge is 0.490 e. The van der Waals surface area contributed by atoms with Gasteiger partial charge in [0.2, 0.25) is 0 Å². The number of alkyl halides is 3. The summed E-state index contributed by atoms with van der Waals surface area (Å²) in [6, 6.07) is 8.73. The third-order valence-electron chi connectivity index (χ3n) is 9.23. The van der Waals surface area contributed by atoms with E-state index in [0.29, 0.717) is 24.6 Å². The molecular formula is C32H37F3N8O. The van der Waals surface area contributed by atoms with E-state index in [0.717, 1.165) is 80.2 Å². The molecule has 1 aromatic carbocycles. The molecule has 3 aromatic heterocycles. The van der Waals surface area contributed by atoms with E-state index in [4.69, 9.17) is 4.74 Å². The summed E-state index contributed by atoms with van der Waals surface area (Å²) < 4.78 is 49.1. The molecule has 1 N–H and O–H groups in total. The van der Waals surface area contributed by atoms with Crippen molar-refractivity contribution in [1.82, 2.24) is 34.5 Å². The van der Waals surface area contributed by atoms with Gasteiger partial charge >= 0.3 is 6.18 Å². The van der Waals surface area contributed by atoms with Gasteiger partial charge in [0.05, 0.1) is 35.5 Å². The molecule has 0 atom stereocenters. The third kappa shape index (κ3) is 6.03. The molecule has 2 aliphatic rings. The van der Waals surface area contributed by atoms with Crippen LogP contribution >= 0.6 is 0 Å². The Bertz CT molecular complexity index is 1620. The van der Waals surface area contributed by atoms with E-state index >= 15 is 0 Å². The van der Waals surface area contributed by atoms with Gasteiger partial charge in [0.15, 0.2) is 0 Å². The number of hydrogen-bond acceptors (Lipinski definition) is 7. The fourth-order valence-electron chi connectivity index (χ4n) is 6.68. The smallest absolute Gasteiger partial charge is 0.416 e. The molecule has 1 aliphatic carbocycles. The molecule has 4 aromatic rings.